The molecule has 2 heterocycles. The van der Waals surface area contributed by atoms with E-state index in [4.69, 9.17) is 5.73 Å². The van der Waals surface area contributed by atoms with E-state index in [1.54, 1.807) is 0 Å². The predicted octanol–water partition coefficient (Wildman–Crippen LogP) is 2.66. The molecule has 1 amide bonds. The third-order valence-corrected chi connectivity index (χ3v) is 4.52. The van der Waals surface area contributed by atoms with Crippen LogP contribution in [0.2, 0.25) is 0 Å². The van der Waals surface area contributed by atoms with Gasteiger partial charge in [-0.25, -0.2) is 0 Å². The number of aromatic nitrogens is 3. The van der Waals surface area contributed by atoms with Crippen LogP contribution in [0.25, 0.3) is 5.65 Å². The van der Waals surface area contributed by atoms with E-state index in [0.717, 1.165) is 24.3 Å². The fourth-order valence-corrected chi connectivity index (χ4v) is 3.25. The van der Waals surface area contributed by atoms with Crippen LogP contribution < -0.4 is 11.1 Å². The molecule has 1 fully saturated rings. The van der Waals surface area contributed by atoms with Gasteiger partial charge in [-0.2, -0.15) is 0 Å². The Morgan fingerprint density at radius 3 is 2.83 bits per heavy atom. The van der Waals surface area contributed by atoms with Crippen molar-refractivity contribution in [2.75, 3.05) is 0 Å². The Hall–Kier alpha value is -1.37. The number of nitrogens with two attached hydrogens (primary N) is 1. The molecule has 134 valence electrons. The number of carbonyl (C=O) groups is 1. The van der Waals surface area contributed by atoms with E-state index in [-0.39, 0.29) is 42.8 Å². The summed E-state index contributed by atoms with van der Waals surface area (Å²) in [7, 11) is 0. The monoisotopic (exact) mass is 373 g/mol. The molecule has 0 radical (unpaired) electrons. The highest BCUT2D eigenvalue weighted by molar-refractivity contribution is 5.85. The molecule has 3 rings (SSSR count). The highest BCUT2D eigenvalue weighted by Gasteiger charge is 2.25. The fraction of sp³-hybridized carbons (Fsp3) is 0.562. The van der Waals surface area contributed by atoms with Crippen molar-refractivity contribution in [3.63, 3.8) is 0 Å². The minimum atomic E-state index is -0.176. The summed E-state index contributed by atoms with van der Waals surface area (Å²) in [6, 6.07) is 5.72. The summed E-state index contributed by atoms with van der Waals surface area (Å²) in [5, 5.41) is 11.3. The molecular weight excluding hydrogens is 349 g/mol. The lowest BCUT2D eigenvalue weighted by Crippen LogP contribution is -2.37. The van der Waals surface area contributed by atoms with Crippen molar-refractivity contribution >= 4 is 36.4 Å². The van der Waals surface area contributed by atoms with E-state index in [1.807, 2.05) is 35.7 Å². The lowest BCUT2D eigenvalue weighted by atomic mass is 9.83. The second-order valence-electron chi connectivity index (χ2n) is 6.19. The first-order chi connectivity index (χ1) is 10.6. The summed E-state index contributed by atoms with van der Waals surface area (Å²) in [6.45, 7) is 1.93. The number of nitrogens with zero attached hydrogens (tertiary/aromatic N) is 3. The highest BCUT2D eigenvalue weighted by atomic mass is 35.5. The van der Waals surface area contributed by atoms with E-state index < -0.39 is 0 Å². The molecule has 3 atom stereocenters. The number of fused-ring (bicyclic) bond motifs is 1. The molecule has 0 bridgehead atoms. The predicted molar refractivity (Wildman–Crippen MR) is 98.6 cm³/mol. The topological polar surface area (TPSA) is 85.3 Å². The Kier molecular flexibility index (Phi) is 7.93. The standard InChI is InChI=1S/C16H23N5O.2ClH/c1-11(16-20-19-14-8-4-5-9-21(14)16)18-15(22)10-12-6-2-3-7-13(12)17;;/h4-5,8-9,11-13H,2-3,6-7,10,17H2,1H3,(H,18,22);2*1H. The van der Waals surface area contributed by atoms with Gasteiger partial charge < -0.3 is 11.1 Å². The lowest BCUT2D eigenvalue weighted by molar-refractivity contribution is -0.123. The maximum atomic E-state index is 12.3. The number of nitrogens with one attached hydrogen (secondary N) is 1. The first-order valence-electron chi connectivity index (χ1n) is 8.00. The zero-order valence-electron chi connectivity index (χ0n) is 13.7. The number of rotatable bonds is 4. The van der Waals surface area contributed by atoms with Crippen molar-refractivity contribution < 1.29 is 4.79 Å². The average molecular weight is 374 g/mol. The van der Waals surface area contributed by atoms with Gasteiger partial charge in [0.2, 0.25) is 5.91 Å². The van der Waals surface area contributed by atoms with Gasteiger partial charge in [-0.05, 0) is 37.8 Å². The number of hydrogen-bond acceptors (Lipinski definition) is 4. The van der Waals surface area contributed by atoms with Crippen molar-refractivity contribution in [3.8, 4) is 0 Å². The average Bonchev–Trinajstić information content (AvgIpc) is 2.93. The molecule has 1 saturated carbocycles. The molecule has 3 unspecified atom stereocenters. The molecule has 0 aliphatic heterocycles. The molecular formula is C16H25Cl2N5O. The Morgan fingerprint density at radius 2 is 2.08 bits per heavy atom. The summed E-state index contributed by atoms with van der Waals surface area (Å²) in [6.07, 6.45) is 6.85. The van der Waals surface area contributed by atoms with Crippen molar-refractivity contribution in [1.82, 2.24) is 19.9 Å². The summed E-state index contributed by atoms with van der Waals surface area (Å²) in [5.74, 6) is 1.09. The van der Waals surface area contributed by atoms with E-state index >= 15 is 0 Å². The van der Waals surface area contributed by atoms with Crippen molar-refractivity contribution in [3.05, 3.63) is 30.2 Å². The van der Waals surface area contributed by atoms with Crippen LogP contribution in [0.3, 0.4) is 0 Å². The summed E-state index contributed by atoms with van der Waals surface area (Å²) in [4.78, 5) is 12.3. The SMILES string of the molecule is CC(NC(=O)CC1CCCCC1N)c1nnc2ccccn12.Cl.Cl. The van der Waals surface area contributed by atoms with Gasteiger partial charge in [0, 0.05) is 18.7 Å². The first-order valence-corrected chi connectivity index (χ1v) is 8.00. The largest absolute Gasteiger partial charge is 0.346 e. The Labute approximate surface area is 154 Å². The number of halogens is 2. The third kappa shape index (κ3) is 4.59. The quantitative estimate of drug-likeness (QED) is 0.862. The van der Waals surface area contributed by atoms with Gasteiger partial charge in [0.25, 0.3) is 0 Å². The van der Waals surface area contributed by atoms with E-state index in [2.05, 4.69) is 15.5 Å². The third-order valence-electron chi connectivity index (χ3n) is 4.52. The molecule has 3 N–H and O–H groups in total. The molecule has 0 aromatic carbocycles. The van der Waals surface area contributed by atoms with Crippen LogP contribution in [0, 0.1) is 5.92 Å². The van der Waals surface area contributed by atoms with Gasteiger partial charge in [0.05, 0.1) is 6.04 Å². The second-order valence-corrected chi connectivity index (χ2v) is 6.19. The summed E-state index contributed by atoms with van der Waals surface area (Å²) in [5.41, 5.74) is 6.91. The Morgan fingerprint density at radius 1 is 1.33 bits per heavy atom. The normalized spacial score (nSPS) is 21.4. The number of hydrogen-bond donors (Lipinski definition) is 2. The molecule has 0 spiro atoms. The van der Waals surface area contributed by atoms with Crippen LogP contribution in [0.4, 0.5) is 0 Å². The fourth-order valence-electron chi connectivity index (χ4n) is 3.25. The van der Waals surface area contributed by atoms with Gasteiger partial charge in [-0.1, -0.05) is 18.9 Å². The molecule has 24 heavy (non-hydrogen) atoms. The Bertz CT molecular complexity index is 663. The highest BCUT2D eigenvalue weighted by Crippen LogP contribution is 2.25. The van der Waals surface area contributed by atoms with Crippen LogP contribution in [0.1, 0.15) is 50.9 Å². The smallest absolute Gasteiger partial charge is 0.220 e. The van der Waals surface area contributed by atoms with Gasteiger partial charge in [0.1, 0.15) is 0 Å². The minimum Gasteiger partial charge on any atom is -0.346 e. The zero-order valence-corrected chi connectivity index (χ0v) is 15.4. The summed E-state index contributed by atoms with van der Waals surface area (Å²) < 4.78 is 1.90. The van der Waals surface area contributed by atoms with E-state index in [9.17, 15) is 4.79 Å². The van der Waals surface area contributed by atoms with Gasteiger partial charge in [-0.15, -0.1) is 35.0 Å². The van der Waals surface area contributed by atoms with Crippen molar-refractivity contribution in [2.45, 2.75) is 51.1 Å². The molecule has 0 saturated heterocycles. The molecule has 2 aromatic heterocycles. The van der Waals surface area contributed by atoms with Crippen LogP contribution in [-0.4, -0.2) is 26.5 Å². The van der Waals surface area contributed by atoms with Crippen LogP contribution in [0.15, 0.2) is 24.4 Å². The molecule has 2 aromatic rings. The van der Waals surface area contributed by atoms with Crippen LogP contribution in [0.5, 0.6) is 0 Å². The molecule has 1 aliphatic carbocycles. The molecule has 6 nitrogen and oxygen atoms in total. The van der Waals surface area contributed by atoms with E-state index in [1.165, 1.54) is 12.8 Å². The number of carbonyl (C=O) groups excluding carboxylic acids is 1. The molecule has 8 heteroatoms. The Balaban J connectivity index is 0.00000144. The van der Waals surface area contributed by atoms with Crippen molar-refractivity contribution in [2.24, 2.45) is 11.7 Å². The minimum absolute atomic E-state index is 0. The van der Waals surface area contributed by atoms with Gasteiger partial charge in [-0.3, -0.25) is 9.20 Å². The molecule has 1 aliphatic rings. The van der Waals surface area contributed by atoms with Gasteiger partial charge >= 0.3 is 0 Å². The lowest BCUT2D eigenvalue weighted by Gasteiger charge is -2.28. The zero-order chi connectivity index (χ0) is 15.5. The van der Waals surface area contributed by atoms with E-state index in [0.29, 0.717) is 12.3 Å². The van der Waals surface area contributed by atoms with Crippen LogP contribution >= 0.6 is 24.8 Å². The first kappa shape index (κ1) is 20.7. The van der Waals surface area contributed by atoms with Crippen molar-refractivity contribution in [1.29, 1.82) is 0 Å². The van der Waals surface area contributed by atoms with Crippen LogP contribution in [-0.2, 0) is 4.79 Å². The maximum Gasteiger partial charge on any atom is 0.220 e. The summed E-state index contributed by atoms with van der Waals surface area (Å²) >= 11 is 0. The number of pyridine rings is 1. The number of amides is 1. The van der Waals surface area contributed by atoms with Gasteiger partial charge in [0.15, 0.2) is 11.5 Å². The second kappa shape index (κ2) is 9.20. The maximum absolute atomic E-state index is 12.3.